The van der Waals surface area contributed by atoms with Crippen molar-refractivity contribution >= 4 is 11.7 Å². The number of fused-ring (bicyclic) bond motifs is 1. The minimum absolute atomic E-state index is 0.0674. The minimum Gasteiger partial charge on any atom is -0.486 e. The molecule has 0 unspecified atom stereocenters. The molecule has 2 aliphatic heterocycles. The van der Waals surface area contributed by atoms with Crippen LogP contribution < -0.4 is 14.8 Å². The first-order valence-corrected chi connectivity index (χ1v) is 11.2. The summed E-state index contributed by atoms with van der Waals surface area (Å²) in [5.74, 6) is 0.982. The van der Waals surface area contributed by atoms with Gasteiger partial charge in [0.05, 0.1) is 12.1 Å². The van der Waals surface area contributed by atoms with E-state index in [1.807, 2.05) is 13.8 Å². The third-order valence-corrected chi connectivity index (χ3v) is 6.38. The molecule has 1 N–H and O–H groups in total. The lowest BCUT2D eigenvalue weighted by Gasteiger charge is -2.35. The van der Waals surface area contributed by atoms with E-state index in [4.69, 9.17) is 9.47 Å². The molecule has 0 bridgehead atoms. The number of ketones is 1. The topological polar surface area (TPSA) is 67.9 Å². The van der Waals surface area contributed by atoms with Gasteiger partial charge in [-0.25, -0.2) is 4.39 Å². The normalized spacial score (nSPS) is 18.6. The van der Waals surface area contributed by atoms with Crippen LogP contribution in [0.25, 0.3) is 0 Å². The monoisotopic (exact) mass is 440 g/mol. The smallest absolute Gasteiger partial charge is 0.237 e. The number of rotatable bonds is 6. The van der Waals surface area contributed by atoms with E-state index in [0.717, 1.165) is 5.56 Å². The fourth-order valence-corrected chi connectivity index (χ4v) is 4.32. The number of amides is 1. The second-order valence-electron chi connectivity index (χ2n) is 8.49. The Morgan fingerprint density at radius 2 is 1.66 bits per heavy atom. The Morgan fingerprint density at radius 1 is 1.00 bits per heavy atom. The molecule has 7 heteroatoms. The molecule has 2 atom stereocenters. The molecule has 0 radical (unpaired) electrons. The highest BCUT2D eigenvalue weighted by atomic mass is 19.1. The van der Waals surface area contributed by atoms with Gasteiger partial charge in [-0.15, -0.1) is 0 Å². The third kappa shape index (κ3) is 4.93. The second-order valence-corrected chi connectivity index (χ2v) is 8.49. The SMILES string of the molecule is C[C@H](NC(=O)[C@@H](C)N1CCC(C(=O)c2ccc3c(c2)OCCO3)CC1)c1ccc(F)cc1. The number of nitrogens with zero attached hydrogens (tertiary/aromatic N) is 1. The largest absolute Gasteiger partial charge is 0.486 e. The summed E-state index contributed by atoms with van der Waals surface area (Å²) in [7, 11) is 0. The van der Waals surface area contributed by atoms with E-state index in [9.17, 15) is 14.0 Å². The summed E-state index contributed by atoms with van der Waals surface area (Å²) in [4.78, 5) is 27.9. The van der Waals surface area contributed by atoms with Crippen LogP contribution >= 0.6 is 0 Å². The molecule has 2 aromatic carbocycles. The van der Waals surface area contributed by atoms with Crippen LogP contribution in [0.2, 0.25) is 0 Å². The zero-order valence-corrected chi connectivity index (χ0v) is 18.5. The summed E-state index contributed by atoms with van der Waals surface area (Å²) in [6.45, 7) is 6.14. The third-order valence-electron chi connectivity index (χ3n) is 6.38. The van der Waals surface area contributed by atoms with Crippen LogP contribution in [-0.4, -0.2) is 48.9 Å². The second kappa shape index (κ2) is 9.69. The van der Waals surface area contributed by atoms with Crippen molar-refractivity contribution in [1.82, 2.24) is 10.2 Å². The van der Waals surface area contributed by atoms with Crippen molar-refractivity contribution in [2.24, 2.45) is 5.92 Å². The maximum Gasteiger partial charge on any atom is 0.237 e. The van der Waals surface area contributed by atoms with Gasteiger partial charge in [0.25, 0.3) is 0 Å². The van der Waals surface area contributed by atoms with Crippen LogP contribution in [0.15, 0.2) is 42.5 Å². The van der Waals surface area contributed by atoms with Gasteiger partial charge in [-0.2, -0.15) is 0 Å². The summed E-state index contributed by atoms with van der Waals surface area (Å²) in [5.41, 5.74) is 1.50. The average molecular weight is 441 g/mol. The van der Waals surface area contributed by atoms with Gasteiger partial charge in [0.15, 0.2) is 17.3 Å². The van der Waals surface area contributed by atoms with Crippen molar-refractivity contribution in [1.29, 1.82) is 0 Å². The Bertz CT molecular complexity index is 970. The van der Waals surface area contributed by atoms with E-state index in [0.29, 0.717) is 56.2 Å². The number of ether oxygens (including phenoxy) is 2. The van der Waals surface area contributed by atoms with Crippen LogP contribution in [0.4, 0.5) is 4.39 Å². The molecule has 0 saturated carbocycles. The summed E-state index contributed by atoms with van der Waals surface area (Å²) < 4.78 is 24.3. The maximum absolute atomic E-state index is 13.1. The molecule has 1 fully saturated rings. The van der Waals surface area contributed by atoms with Gasteiger partial charge in [0.2, 0.25) is 5.91 Å². The summed E-state index contributed by atoms with van der Waals surface area (Å²) >= 11 is 0. The standard InChI is InChI=1S/C25H29FN2O4/c1-16(18-3-6-21(26)7-4-18)27-25(30)17(2)28-11-9-19(10-12-28)24(29)20-5-8-22-23(15-20)32-14-13-31-22/h3-8,15-17,19H,9-14H2,1-2H3,(H,27,30)/t16-,17+/m0/s1. The zero-order chi connectivity index (χ0) is 22.7. The maximum atomic E-state index is 13.1. The number of Topliss-reactive ketones (excluding diaryl/α,β-unsaturated/α-hetero) is 1. The van der Waals surface area contributed by atoms with Crippen molar-refractivity contribution in [3.8, 4) is 11.5 Å². The number of piperidine rings is 1. The Labute approximate surface area is 187 Å². The quantitative estimate of drug-likeness (QED) is 0.693. The van der Waals surface area contributed by atoms with Crippen molar-refractivity contribution in [3.63, 3.8) is 0 Å². The molecule has 1 amide bonds. The first kappa shape index (κ1) is 22.3. The number of benzene rings is 2. The van der Waals surface area contributed by atoms with Gasteiger partial charge in [-0.1, -0.05) is 12.1 Å². The van der Waals surface area contributed by atoms with Crippen molar-refractivity contribution < 1.29 is 23.5 Å². The Balaban J connectivity index is 1.30. The van der Waals surface area contributed by atoms with Crippen LogP contribution in [0.1, 0.15) is 48.7 Å². The van der Waals surface area contributed by atoms with Gasteiger partial charge in [0.1, 0.15) is 19.0 Å². The Morgan fingerprint density at radius 3 is 2.34 bits per heavy atom. The molecule has 2 aromatic rings. The molecule has 32 heavy (non-hydrogen) atoms. The number of hydrogen-bond donors (Lipinski definition) is 1. The van der Waals surface area contributed by atoms with Gasteiger partial charge in [-0.05, 0) is 75.7 Å². The van der Waals surface area contributed by atoms with Crippen molar-refractivity contribution in [2.75, 3.05) is 26.3 Å². The highest BCUT2D eigenvalue weighted by Gasteiger charge is 2.31. The van der Waals surface area contributed by atoms with Crippen LogP contribution in [-0.2, 0) is 4.79 Å². The van der Waals surface area contributed by atoms with E-state index in [1.54, 1.807) is 30.3 Å². The number of nitrogens with one attached hydrogen (secondary N) is 1. The number of carbonyl (C=O) groups is 2. The molecule has 6 nitrogen and oxygen atoms in total. The fraction of sp³-hybridized carbons (Fsp3) is 0.440. The minimum atomic E-state index is -0.303. The van der Waals surface area contributed by atoms with E-state index in [-0.39, 0.29) is 35.5 Å². The molecule has 2 heterocycles. The molecule has 2 aliphatic rings. The molecule has 170 valence electrons. The van der Waals surface area contributed by atoms with Crippen LogP contribution in [0.3, 0.4) is 0 Å². The molecule has 0 aromatic heterocycles. The highest BCUT2D eigenvalue weighted by Crippen LogP contribution is 2.32. The number of carbonyl (C=O) groups excluding carboxylic acids is 2. The summed E-state index contributed by atoms with van der Waals surface area (Å²) in [5, 5.41) is 3.01. The molecular formula is C25H29FN2O4. The zero-order valence-electron chi connectivity index (χ0n) is 18.5. The van der Waals surface area contributed by atoms with Crippen LogP contribution in [0, 0.1) is 11.7 Å². The first-order chi connectivity index (χ1) is 15.4. The highest BCUT2D eigenvalue weighted by molar-refractivity contribution is 5.98. The predicted octanol–water partition coefficient (Wildman–Crippen LogP) is 3.76. The first-order valence-electron chi connectivity index (χ1n) is 11.2. The van der Waals surface area contributed by atoms with E-state index >= 15 is 0 Å². The van der Waals surface area contributed by atoms with Crippen molar-refractivity contribution in [3.05, 3.63) is 59.4 Å². The molecule has 0 spiro atoms. The summed E-state index contributed by atoms with van der Waals surface area (Å²) in [6, 6.07) is 11.0. The van der Waals surface area contributed by atoms with Gasteiger partial charge in [0, 0.05) is 11.5 Å². The van der Waals surface area contributed by atoms with Crippen LogP contribution in [0.5, 0.6) is 11.5 Å². The summed E-state index contributed by atoms with van der Waals surface area (Å²) in [6.07, 6.45) is 1.41. The number of likely N-dealkylation sites (tertiary alicyclic amines) is 1. The van der Waals surface area contributed by atoms with Crippen molar-refractivity contribution in [2.45, 2.75) is 38.8 Å². The molecule has 1 saturated heterocycles. The van der Waals surface area contributed by atoms with E-state index < -0.39 is 0 Å². The Kier molecular flexibility index (Phi) is 6.74. The number of hydrogen-bond acceptors (Lipinski definition) is 5. The lowest BCUT2D eigenvalue weighted by molar-refractivity contribution is -0.127. The lowest BCUT2D eigenvalue weighted by atomic mass is 9.88. The van der Waals surface area contributed by atoms with Gasteiger partial charge in [-0.3, -0.25) is 14.5 Å². The Hall–Kier alpha value is -2.93. The fourth-order valence-electron chi connectivity index (χ4n) is 4.32. The predicted molar refractivity (Wildman–Crippen MR) is 118 cm³/mol. The van der Waals surface area contributed by atoms with E-state index in [2.05, 4.69) is 10.2 Å². The number of halogens is 1. The average Bonchev–Trinajstić information content (AvgIpc) is 2.83. The van der Waals surface area contributed by atoms with E-state index in [1.165, 1.54) is 12.1 Å². The lowest BCUT2D eigenvalue weighted by Crippen LogP contribution is -2.49. The van der Waals surface area contributed by atoms with Gasteiger partial charge >= 0.3 is 0 Å². The molecule has 0 aliphatic carbocycles. The van der Waals surface area contributed by atoms with Gasteiger partial charge < -0.3 is 14.8 Å². The molecule has 4 rings (SSSR count). The molecular weight excluding hydrogens is 411 g/mol.